The SMILES string of the molecule is CCN1CCC(c2cccc(N)c2)CC1. The fraction of sp³-hybridized carbons (Fsp3) is 0.538. The molecule has 1 aromatic carbocycles. The van der Waals surface area contributed by atoms with Gasteiger partial charge in [-0.05, 0) is 56.1 Å². The second-order valence-electron chi connectivity index (χ2n) is 4.38. The minimum atomic E-state index is 0.719. The Morgan fingerprint density at radius 1 is 1.33 bits per heavy atom. The van der Waals surface area contributed by atoms with Crippen LogP contribution in [0.5, 0.6) is 0 Å². The summed E-state index contributed by atoms with van der Waals surface area (Å²) >= 11 is 0. The Kier molecular flexibility index (Phi) is 3.27. The van der Waals surface area contributed by atoms with Gasteiger partial charge in [-0.25, -0.2) is 0 Å². The summed E-state index contributed by atoms with van der Waals surface area (Å²) in [5.41, 5.74) is 8.12. The van der Waals surface area contributed by atoms with Gasteiger partial charge in [-0.15, -0.1) is 0 Å². The summed E-state index contributed by atoms with van der Waals surface area (Å²) in [4.78, 5) is 2.52. The molecule has 0 aliphatic carbocycles. The molecule has 2 N–H and O–H groups in total. The summed E-state index contributed by atoms with van der Waals surface area (Å²) in [7, 11) is 0. The zero-order chi connectivity index (χ0) is 10.7. The van der Waals surface area contributed by atoms with Crippen molar-refractivity contribution in [2.24, 2.45) is 0 Å². The summed E-state index contributed by atoms with van der Waals surface area (Å²) in [6, 6.07) is 8.37. The van der Waals surface area contributed by atoms with Crippen molar-refractivity contribution in [2.45, 2.75) is 25.7 Å². The topological polar surface area (TPSA) is 29.3 Å². The molecule has 2 rings (SSSR count). The van der Waals surface area contributed by atoms with Crippen molar-refractivity contribution in [2.75, 3.05) is 25.4 Å². The average molecular weight is 204 g/mol. The molecule has 0 unspecified atom stereocenters. The molecule has 1 fully saturated rings. The summed E-state index contributed by atoms with van der Waals surface area (Å²) in [6.07, 6.45) is 2.55. The van der Waals surface area contributed by atoms with E-state index in [4.69, 9.17) is 5.73 Å². The number of piperidine rings is 1. The predicted molar refractivity (Wildman–Crippen MR) is 64.9 cm³/mol. The van der Waals surface area contributed by atoms with Crippen LogP contribution in [0.3, 0.4) is 0 Å². The molecule has 2 nitrogen and oxygen atoms in total. The summed E-state index contributed by atoms with van der Waals surface area (Å²) in [6.45, 7) is 5.89. The van der Waals surface area contributed by atoms with Crippen LogP contribution in [0.15, 0.2) is 24.3 Å². The fourth-order valence-electron chi connectivity index (χ4n) is 2.40. The van der Waals surface area contributed by atoms with Gasteiger partial charge in [-0.3, -0.25) is 0 Å². The molecule has 1 aromatic rings. The first-order valence-corrected chi connectivity index (χ1v) is 5.87. The van der Waals surface area contributed by atoms with Crippen molar-refractivity contribution >= 4 is 5.69 Å². The van der Waals surface area contributed by atoms with Gasteiger partial charge in [0.05, 0.1) is 0 Å². The number of rotatable bonds is 2. The summed E-state index contributed by atoms with van der Waals surface area (Å²) in [5.74, 6) is 0.719. The highest BCUT2D eigenvalue weighted by Crippen LogP contribution is 2.28. The zero-order valence-corrected chi connectivity index (χ0v) is 9.45. The number of benzene rings is 1. The summed E-state index contributed by atoms with van der Waals surface area (Å²) < 4.78 is 0. The second kappa shape index (κ2) is 4.67. The third-order valence-corrected chi connectivity index (χ3v) is 3.42. The fourth-order valence-corrected chi connectivity index (χ4v) is 2.40. The van der Waals surface area contributed by atoms with E-state index >= 15 is 0 Å². The number of hydrogen-bond donors (Lipinski definition) is 1. The third kappa shape index (κ3) is 2.51. The van der Waals surface area contributed by atoms with Crippen LogP contribution < -0.4 is 5.73 Å². The largest absolute Gasteiger partial charge is 0.399 e. The standard InChI is InChI=1S/C13H20N2/c1-2-15-8-6-11(7-9-15)12-4-3-5-13(14)10-12/h3-5,10-11H,2,6-9,14H2,1H3. The third-order valence-electron chi connectivity index (χ3n) is 3.42. The van der Waals surface area contributed by atoms with E-state index < -0.39 is 0 Å². The first-order valence-electron chi connectivity index (χ1n) is 5.87. The van der Waals surface area contributed by atoms with Crippen LogP contribution in [0.1, 0.15) is 31.2 Å². The van der Waals surface area contributed by atoms with E-state index in [1.54, 1.807) is 0 Å². The van der Waals surface area contributed by atoms with Crippen molar-refractivity contribution in [3.8, 4) is 0 Å². The monoisotopic (exact) mass is 204 g/mol. The molecular formula is C13H20N2. The van der Waals surface area contributed by atoms with E-state index in [-0.39, 0.29) is 0 Å². The highest BCUT2D eigenvalue weighted by Gasteiger charge is 2.19. The Morgan fingerprint density at radius 2 is 2.07 bits per heavy atom. The first kappa shape index (κ1) is 10.5. The second-order valence-corrected chi connectivity index (χ2v) is 4.38. The van der Waals surface area contributed by atoms with Crippen molar-refractivity contribution in [1.29, 1.82) is 0 Å². The molecule has 1 aliphatic heterocycles. The van der Waals surface area contributed by atoms with Crippen LogP contribution in [0.2, 0.25) is 0 Å². The molecule has 0 atom stereocenters. The van der Waals surface area contributed by atoms with Crippen molar-refractivity contribution in [3.63, 3.8) is 0 Å². The van der Waals surface area contributed by atoms with Gasteiger partial charge in [0.1, 0.15) is 0 Å². The molecule has 0 amide bonds. The molecule has 0 saturated carbocycles. The van der Waals surface area contributed by atoms with Gasteiger partial charge in [-0.2, -0.15) is 0 Å². The highest BCUT2D eigenvalue weighted by molar-refractivity contribution is 5.41. The lowest BCUT2D eigenvalue weighted by Crippen LogP contribution is -2.32. The zero-order valence-electron chi connectivity index (χ0n) is 9.45. The molecule has 82 valence electrons. The molecular weight excluding hydrogens is 184 g/mol. The van der Waals surface area contributed by atoms with Crippen LogP contribution in [-0.2, 0) is 0 Å². The number of nitrogens with zero attached hydrogens (tertiary/aromatic N) is 1. The van der Waals surface area contributed by atoms with E-state index in [0.717, 1.165) is 11.6 Å². The van der Waals surface area contributed by atoms with Gasteiger partial charge in [0.2, 0.25) is 0 Å². The predicted octanol–water partition coefficient (Wildman–Crippen LogP) is 2.47. The lowest BCUT2D eigenvalue weighted by molar-refractivity contribution is 0.222. The minimum absolute atomic E-state index is 0.719. The maximum atomic E-state index is 5.81. The Morgan fingerprint density at radius 3 is 2.67 bits per heavy atom. The van der Waals surface area contributed by atoms with Crippen molar-refractivity contribution in [1.82, 2.24) is 4.90 Å². The number of nitrogens with two attached hydrogens (primary N) is 1. The molecule has 15 heavy (non-hydrogen) atoms. The van der Waals surface area contributed by atoms with Crippen LogP contribution >= 0.6 is 0 Å². The molecule has 0 radical (unpaired) electrons. The molecule has 0 bridgehead atoms. The Balaban J connectivity index is 2.01. The molecule has 0 spiro atoms. The van der Waals surface area contributed by atoms with E-state index in [2.05, 4.69) is 30.0 Å². The van der Waals surface area contributed by atoms with Crippen molar-refractivity contribution in [3.05, 3.63) is 29.8 Å². The van der Waals surface area contributed by atoms with Gasteiger partial charge < -0.3 is 10.6 Å². The Bertz CT molecular complexity index is 314. The van der Waals surface area contributed by atoms with Gasteiger partial charge in [-0.1, -0.05) is 19.1 Å². The maximum Gasteiger partial charge on any atom is 0.0316 e. The molecule has 0 aromatic heterocycles. The quantitative estimate of drug-likeness (QED) is 0.750. The van der Waals surface area contributed by atoms with Crippen LogP contribution in [0.25, 0.3) is 0 Å². The molecule has 1 heterocycles. The van der Waals surface area contributed by atoms with E-state index in [1.807, 2.05) is 6.07 Å². The van der Waals surface area contributed by atoms with Crippen LogP contribution in [0, 0.1) is 0 Å². The van der Waals surface area contributed by atoms with Crippen LogP contribution in [0.4, 0.5) is 5.69 Å². The Hall–Kier alpha value is -1.02. The number of anilines is 1. The van der Waals surface area contributed by atoms with Crippen molar-refractivity contribution < 1.29 is 0 Å². The van der Waals surface area contributed by atoms with Gasteiger partial charge in [0.15, 0.2) is 0 Å². The first-order chi connectivity index (χ1) is 7.29. The van der Waals surface area contributed by atoms with E-state index in [0.29, 0.717) is 0 Å². The number of likely N-dealkylation sites (tertiary alicyclic amines) is 1. The van der Waals surface area contributed by atoms with Gasteiger partial charge >= 0.3 is 0 Å². The molecule has 2 heteroatoms. The lowest BCUT2D eigenvalue weighted by atomic mass is 9.89. The Labute approximate surface area is 92.1 Å². The highest BCUT2D eigenvalue weighted by atomic mass is 15.1. The van der Waals surface area contributed by atoms with Gasteiger partial charge in [0, 0.05) is 5.69 Å². The van der Waals surface area contributed by atoms with E-state index in [1.165, 1.54) is 38.0 Å². The number of hydrogen-bond acceptors (Lipinski definition) is 2. The van der Waals surface area contributed by atoms with E-state index in [9.17, 15) is 0 Å². The average Bonchev–Trinajstić information content (AvgIpc) is 2.29. The minimum Gasteiger partial charge on any atom is -0.399 e. The summed E-state index contributed by atoms with van der Waals surface area (Å²) in [5, 5.41) is 0. The van der Waals surface area contributed by atoms with Gasteiger partial charge in [0.25, 0.3) is 0 Å². The number of nitrogen functional groups attached to an aromatic ring is 1. The molecule has 1 aliphatic rings. The molecule has 1 saturated heterocycles. The van der Waals surface area contributed by atoms with Crippen LogP contribution in [-0.4, -0.2) is 24.5 Å². The maximum absolute atomic E-state index is 5.81. The normalized spacial score (nSPS) is 19.3. The lowest BCUT2D eigenvalue weighted by Gasteiger charge is -2.31. The smallest absolute Gasteiger partial charge is 0.0316 e.